The van der Waals surface area contributed by atoms with Gasteiger partial charge in [-0.25, -0.2) is 0 Å². The van der Waals surface area contributed by atoms with Gasteiger partial charge in [0, 0.05) is 10.9 Å². The van der Waals surface area contributed by atoms with Crippen LogP contribution >= 0.6 is 11.3 Å². The Kier molecular flexibility index (Phi) is 3.45. The van der Waals surface area contributed by atoms with Crippen molar-refractivity contribution in [3.63, 3.8) is 0 Å². The third-order valence-electron chi connectivity index (χ3n) is 1.91. The van der Waals surface area contributed by atoms with Gasteiger partial charge in [-0.2, -0.15) is 0 Å². The van der Waals surface area contributed by atoms with Crippen molar-refractivity contribution in [3.8, 4) is 0 Å². The van der Waals surface area contributed by atoms with Gasteiger partial charge in [0.15, 0.2) is 0 Å². The summed E-state index contributed by atoms with van der Waals surface area (Å²) in [7, 11) is 1.37. The average Bonchev–Trinajstić information content (AvgIpc) is 2.51. The highest BCUT2D eigenvalue weighted by molar-refractivity contribution is 7.10. The number of carbonyl (C=O) groups is 1. The van der Waals surface area contributed by atoms with Gasteiger partial charge in [-0.15, -0.1) is 11.3 Å². The normalized spacial score (nSPS) is 12.5. The van der Waals surface area contributed by atoms with Crippen molar-refractivity contribution in [1.29, 1.82) is 0 Å². The lowest BCUT2D eigenvalue weighted by atomic mass is 10.1. The van der Waals surface area contributed by atoms with E-state index in [9.17, 15) is 4.79 Å². The predicted molar refractivity (Wildman–Crippen MR) is 52.6 cm³/mol. The molecule has 0 radical (unpaired) electrons. The Hall–Kier alpha value is -0.870. The number of hydrogen-bond acceptors (Lipinski definition) is 4. The van der Waals surface area contributed by atoms with E-state index in [-0.39, 0.29) is 18.4 Å². The van der Waals surface area contributed by atoms with E-state index in [1.165, 1.54) is 7.11 Å². The van der Waals surface area contributed by atoms with E-state index in [0.717, 1.165) is 10.4 Å². The smallest absolute Gasteiger partial charge is 0.307 e. The summed E-state index contributed by atoms with van der Waals surface area (Å²) < 4.78 is 4.54. The molecule has 1 aromatic rings. The van der Waals surface area contributed by atoms with Gasteiger partial charge in [-0.1, -0.05) is 0 Å². The maximum Gasteiger partial charge on any atom is 0.307 e. The number of methoxy groups -OCH3 is 1. The highest BCUT2D eigenvalue weighted by Gasteiger charge is 2.14. The van der Waals surface area contributed by atoms with Crippen LogP contribution in [0.5, 0.6) is 0 Å². The van der Waals surface area contributed by atoms with Crippen LogP contribution in [0.15, 0.2) is 11.4 Å². The molecule has 2 N–H and O–H groups in total. The SMILES string of the molecule is COC(=O)C[C@@H](N)c1ccsc1C. The van der Waals surface area contributed by atoms with Crippen LogP contribution in [0.1, 0.15) is 22.9 Å². The van der Waals surface area contributed by atoms with Gasteiger partial charge in [0.05, 0.1) is 13.5 Å². The van der Waals surface area contributed by atoms with E-state index < -0.39 is 0 Å². The number of thiophene rings is 1. The molecule has 0 fully saturated rings. The number of esters is 1. The van der Waals surface area contributed by atoms with Crippen LogP contribution < -0.4 is 5.73 Å². The van der Waals surface area contributed by atoms with Crippen LogP contribution in [0.3, 0.4) is 0 Å². The molecule has 0 amide bonds. The van der Waals surface area contributed by atoms with Crippen molar-refractivity contribution in [2.45, 2.75) is 19.4 Å². The molecular formula is C9H13NO2S. The fourth-order valence-electron chi connectivity index (χ4n) is 1.15. The monoisotopic (exact) mass is 199 g/mol. The van der Waals surface area contributed by atoms with E-state index in [2.05, 4.69) is 4.74 Å². The fourth-order valence-corrected chi connectivity index (χ4v) is 1.93. The molecular weight excluding hydrogens is 186 g/mol. The molecule has 0 saturated carbocycles. The fraction of sp³-hybridized carbons (Fsp3) is 0.444. The van der Waals surface area contributed by atoms with Gasteiger partial charge in [0.25, 0.3) is 0 Å². The molecule has 0 unspecified atom stereocenters. The number of aryl methyl sites for hydroxylation is 1. The van der Waals surface area contributed by atoms with Crippen molar-refractivity contribution >= 4 is 17.3 Å². The van der Waals surface area contributed by atoms with E-state index in [4.69, 9.17) is 5.73 Å². The Labute approximate surface area is 81.5 Å². The Morgan fingerprint density at radius 3 is 2.92 bits per heavy atom. The van der Waals surface area contributed by atoms with Crippen molar-refractivity contribution in [3.05, 3.63) is 21.9 Å². The Morgan fingerprint density at radius 2 is 2.46 bits per heavy atom. The molecule has 1 heterocycles. The molecule has 3 nitrogen and oxygen atoms in total. The van der Waals surface area contributed by atoms with Gasteiger partial charge in [0.2, 0.25) is 0 Å². The molecule has 1 aromatic heterocycles. The molecule has 0 aliphatic rings. The molecule has 72 valence electrons. The molecule has 1 rings (SSSR count). The number of carbonyl (C=O) groups excluding carboxylic acids is 1. The van der Waals surface area contributed by atoms with Gasteiger partial charge < -0.3 is 10.5 Å². The Morgan fingerprint density at radius 1 is 1.77 bits per heavy atom. The Bertz CT molecular complexity index is 296. The molecule has 0 aromatic carbocycles. The first-order chi connectivity index (χ1) is 6.15. The van der Waals surface area contributed by atoms with Crippen molar-refractivity contribution in [1.82, 2.24) is 0 Å². The van der Waals surface area contributed by atoms with E-state index >= 15 is 0 Å². The minimum absolute atomic E-state index is 0.237. The topological polar surface area (TPSA) is 52.3 Å². The zero-order valence-corrected chi connectivity index (χ0v) is 8.56. The first kappa shape index (κ1) is 10.2. The molecule has 0 saturated heterocycles. The highest BCUT2D eigenvalue weighted by Crippen LogP contribution is 2.23. The summed E-state index contributed by atoms with van der Waals surface area (Å²) in [5.41, 5.74) is 6.86. The molecule has 0 bridgehead atoms. The first-order valence-corrected chi connectivity index (χ1v) is 4.89. The third kappa shape index (κ3) is 2.54. The number of rotatable bonds is 3. The van der Waals surface area contributed by atoms with E-state index in [1.807, 2.05) is 18.4 Å². The summed E-state index contributed by atoms with van der Waals surface area (Å²) in [6.45, 7) is 2.00. The lowest BCUT2D eigenvalue weighted by molar-refractivity contribution is -0.141. The van der Waals surface area contributed by atoms with Crippen LogP contribution in [0, 0.1) is 6.92 Å². The van der Waals surface area contributed by atoms with Crippen molar-refractivity contribution in [2.24, 2.45) is 5.73 Å². The van der Waals surface area contributed by atoms with Crippen LogP contribution in [-0.2, 0) is 9.53 Å². The quantitative estimate of drug-likeness (QED) is 0.752. The van der Waals surface area contributed by atoms with E-state index in [1.54, 1.807) is 11.3 Å². The van der Waals surface area contributed by atoms with Gasteiger partial charge in [-0.3, -0.25) is 4.79 Å². The van der Waals surface area contributed by atoms with Gasteiger partial charge in [0.1, 0.15) is 0 Å². The minimum Gasteiger partial charge on any atom is -0.469 e. The van der Waals surface area contributed by atoms with E-state index in [0.29, 0.717) is 0 Å². The summed E-state index contributed by atoms with van der Waals surface area (Å²) in [6, 6.07) is 1.71. The first-order valence-electron chi connectivity index (χ1n) is 4.01. The maximum absolute atomic E-state index is 10.9. The molecule has 0 spiro atoms. The largest absolute Gasteiger partial charge is 0.469 e. The molecule has 0 aliphatic carbocycles. The summed E-state index contributed by atoms with van der Waals surface area (Å²) in [6.07, 6.45) is 0.244. The average molecular weight is 199 g/mol. The molecule has 13 heavy (non-hydrogen) atoms. The lowest BCUT2D eigenvalue weighted by Crippen LogP contribution is -2.16. The van der Waals surface area contributed by atoms with Gasteiger partial charge in [-0.05, 0) is 23.9 Å². The molecule has 4 heteroatoms. The van der Waals surface area contributed by atoms with Crippen LogP contribution in [0.2, 0.25) is 0 Å². The number of hydrogen-bond donors (Lipinski definition) is 1. The molecule has 0 aliphatic heterocycles. The second kappa shape index (κ2) is 4.39. The van der Waals surface area contributed by atoms with Gasteiger partial charge >= 0.3 is 5.97 Å². The van der Waals surface area contributed by atoms with Crippen LogP contribution in [0.4, 0.5) is 0 Å². The maximum atomic E-state index is 10.9. The standard InChI is InChI=1S/C9H13NO2S/c1-6-7(3-4-13-6)8(10)5-9(11)12-2/h3-4,8H,5,10H2,1-2H3/t8-/m1/s1. The summed E-state index contributed by atoms with van der Waals surface area (Å²) >= 11 is 1.64. The van der Waals surface area contributed by atoms with Crippen molar-refractivity contribution in [2.75, 3.05) is 7.11 Å². The lowest BCUT2D eigenvalue weighted by Gasteiger charge is -2.09. The Balaban J connectivity index is 2.63. The van der Waals surface area contributed by atoms with Crippen molar-refractivity contribution < 1.29 is 9.53 Å². The summed E-state index contributed by atoms with van der Waals surface area (Å²) in [5.74, 6) is -0.266. The zero-order valence-electron chi connectivity index (χ0n) is 7.74. The second-order valence-corrected chi connectivity index (χ2v) is 3.94. The minimum atomic E-state index is -0.266. The number of nitrogens with two attached hydrogens (primary N) is 1. The summed E-state index contributed by atoms with van der Waals surface area (Å²) in [4.78, 5) is 12.1. The highest BCUT2D eigenvalue weighted by atomic mass is 32.1. The van der Waals surface area contributed by atoms with Crippen LogP contribution in [-0.4, -0.2) is 13.1 Å². The predicted octanol–water partition coefficient (Wildman–Crippen LogP) is 1.62. The number of ether oxygens (including phenoxy) is 1. The molecule has 1 atom stereocenters. The van der Waals surface area contributed by atoms with Crippen LogP contribution in [0.25, 0.3) is 0 Å². The second-order valence-electron chi connectivity index (χ2n) is 2.82. The summed E-state index contributed by atoms with van der Waals surface area (Å²) in [5, 5.41) is 1.97. The zero-order chi connectivity index (χ0) is 9.84. The third-order valence-corrected chi connectivity index (χ3v) is 2.77.